The molecule has 1 heterocycles. The third-order valence-electron chi connectivity index (χ3n) is 2.87. The van der Waals surface area contributed by atoms with Crippen molar-refractivity contribution in [2.45, 2.75) is 38.1 Å². The summed E-state index contributed by atoms with van der Waals surface area (Å²) in [5, 5.41) is 0. The molecular weight excluding hydrogens is 186 g/mol. The number of amidine groups is 1. The van der Waals surface area contributed by atoms with E-state index in [0.29, 0.717) is 11.9 Å². The largest absolute Gasteiger partial charge is 0.383 e. The average Bonchev–Trinajstić information content (AvgIpc) is 2.31. The van der Waals surface area contributed by atoms with Crippen molar-refractivity contribution in [3.05, 3.63) is 30.1 Å². The van der Waals surface area contributed by atoms with Gasteiger partial charge in [0.1, 0.15) is 5.84 Å². The molecule has 0 aromatic carbocycles. The summed E-state index contributed by atoms with van der Waals surface area (Å²) < 4.78 is 0. The number of pyridine rings is 1. The second-order valence-corrected chi connectivity index (χ2v) is 4.04. The van der Waals surface area contributed by atoms with Gasteiger partial charge in [-0.05, 0) is 25.0 Å². The van der Waals surface area contributed by atoms with Crippen LogP contribution in [0.5, 0.6) is 0 Å². The average molecular weight is 203 g/mol. The first-order chi connectivity index (χ1) is 7.36. The van der Waals surface area contributed by atoms with Gasteiger partial charge < -0.3 is 5.73 Å². The highest BCUT2D eigenvalue weighted by molar-refractivity contribution is 5.97. The van der Waals surface area contributed by atoms with Gasteiger partial charge in [0.25, 0.3) is 0 Å². The van der Waals surface area contributed by atoms with Crippen LogP contribution >= 0.6 is 0 Å². The van der Waals surface area contributed by atoms with Gasteiger partial charge in [-0.25, -0.2) is 0 Å². The van der Waals surface area contributed by atoms with Crippen molar-refractivity contribution in [1.82, 2.24) is 4.98 Å². The molecule has 0 unspecified atom stereocenters. The van der Waals surface area contributed by atoms with Crippen LogP contribution in [0.4, 0.5) is 0 Å². The van der Waals surface area contributed by atoms with Gasteiger partial charge in [0.15, 0.2) is 0 Å². The van der Waals surface area contributed by atoms with E-state index in [-0.39, 0.29) is 0 Å². The maximum Gasteiger partial charge on any atom is 0.126 e. The van der Waals surface area contributed by atoms with E-state index in [4.69, 9.17) is 5.73 Å². The first-order valence-corrected chi connectivity index (χ1v) is 5.60. The van der Waals surface area contributed by atoms with Crippen LogP contribution in [0.2, 0.25) is 0 Å². The van der Waals surface area contributed by atoms with E-state index in [2.05, 4.69) is 9.98 Å². The lowest BCUT2D eigenvalue weighted by molar-refractivity contribution is 0.443. The molecule has 3 nitrogen and oxygen atoms in total. The first kappa shape index (κ1) is 10.1. The van der Waals surface area contributed by atoms with E-state index >= 15 is 0 Å². The van der Waals surface area contributed by atoms with Gasteiger partial charge in [-0.2, -0.15) is 0 Å². The van der Waals surface area contributed by atoms with Gasteiger partial charge in [-0.15, -0.1) is 0 Å². The van der Waals surface area contributed by atoms with Crippen molar-refractivity contribution in [1.29, 1.82) is 0 Å². The van der Waals surface area contributed by atoms with Crippen molar-refractivity contribution in [2.75, 3.05) is 0 Å². The first-order valence-electron chi connectivity index (χ1n) is 5.60. The molecule has 0 amide bonds. The molecule has 1 saturated carbocycles. The molecule has 1 aromatic rings. The van der Waals surface area contributed by atoms with Gasteiger partial charge in [0, 0.05) is 18.0 Å². The van der Waals surface area contributed by atoms with Crippen molar-refractivity contribution in [3.8, 4) is 0 Å². The topological polar surface area (TPSA) is 51.3 Å². The zero-order valence-electron chi connectivity index (χ0n) is 8.89. The molecule has 2 rings (SSSR count). The minimum atomic E-state index is 0.437. The maximum absolute atomic E-state index is 5.95. The van der Waals surface area contributed by atoms with E-state index in [9.17, 15) is 0 Å². The van der Waals surface area contributed by atoms with Crippen molar-refractivity contribution in [2.24, 2.45) is 10.7 Å². The Morgan fingerprint density at radius 3 is 2.53 bits per heavy atom. The maximum atomic E-state index is 5.95. The summed E-state index contributed by atoms with van der Waals surface area (Å²) in [6, 6.07) is 4.25. The summed E-state index contributed by atoms with van der Waals surface area (Å²) in [4.78, 5) is 8.54. The highest BCUT2D eigenvalue weighted by Crippen LogP contribution is 2.20. The molecule has 0 radical (unpaired) electrons. The Labute approximate surface area is 90.4 Å². The molecule has 0 bridgehead atoms. The molecule has 2 N–H and O–H groups in total. The Balaban J connectivity index is 2.06. The van der Waals surface area contributed by atoms with E-state index in [1.54, 1.807) is 12.4 Å². The summed E-state index contributed by atoms with van der Waals surface area (Å²) in [5.74, 6) is 0.657. The summed E-state index contributed by atoms with van der Waals surface area (Å²) in [6.07, 6.45) is 9.80. The Bertz CT molecular complexity index is 326. The SMILES string of the molecule is NC(=NC1CCCCC1)c1ccncc1. The van der Waals surface area contributed by atoms with Crippen LogP contribution in [-0.4, -0.2) is 16.9 Å². The number of hydrogen-bond acceptors (Lipinski definition) is 2. The predicted octanol–water partition coefficient (Wildman–Crippen LogP) is 2.12. The van der Waals surface area contributed by atoms with Gasteiger partial charge in [0.05, 0.1) is 6.04 Å². The Kier molecular flexibility index (Phi) is 3.33. The third-order valence-corrected chi connectivity index (χ3v) is 2.87. The Morgan fingerprint density at radius 1 is 1.20 bits per heavy atom. The number of aliphatic imine (C=N–C) groups is 1. The van der Waals surface area contributed by atoms with E-state index in [0.717, 1.165) is 5.56 Å². The highest BCUT2D eigenvalue weighted by atomic mass is 14.9. The van der Waals surface area contributed by atoms with Crippen LogP contribution in [0.25, 0.3) is 0 Å². The molecule has 15 heavy (non-hydrogen) atoms. The molecule has 80 valence electrons. The van der Waals surface area contributed by atoms with Crippen LogP contribution < -0.4 is 5.73 Å². The van der Waals surface area contributed by atoms with E-state index < -0.39 is 0 Å². The van der Waals surface area contributed by atoms with Crippen LogP contribution in [0.15, 0.2) is 29.5 Å². The third kappa shape index (κ3) is 2.78. The molecule has 1 fully saturated rings. The van der Waals surface area contributed by atoms with Gasteiger partial charge in [-0.1, -0.05) is 19.3 Å². The molecular formula is C12H17N3. The van der Waals surface area contributed by atoms with Crippen LogP contribution in [0.1, 0.15) is 37.7 Å². The lowest BCUT2D eigenvalue weighted by Gasteiger charge is -2.18. The number of nitrogens with two attached hydrogens (primary N) is 1. The second-order valence-electron chi connectivity index (χ2n) is 4.04. The lowest BCUT2D eigenvalue weighted by atomic mass is 9.96. The summed E-state index contributed by atoms with van der Waals surface area (Å²) in [6.45, 7) is 0. The number of hydrogen-bond donors (Lipinski definition) is 1. The van der Waals surface area contributed by atoms with Crippen molar-refractivity contribution < 1.29 is 0 Å². The minimum Gasteiger partial charge on any atom is -0.383 e. The zero-order valence-corrected chi connectivity index (χ0v) is 8.89. The number of nitrogens with zero attached hydrogens (tertiary/aromatic N) is 2. The molecule has 1 aromatic heterocycles. The van der Waals surface area contributed by atoms with E-state index in [1.165, 1.54) is 32.1 Å². The highest BCUT2D eigenvalue weighted by Gasteiger charge is 2.12. The lowest BCUT2D eigenvalue weighted by Crippen LogP contribution is -2.19. The number of aromatic nitrogens is 1. The van der Waals surface area contributed by atoms with Gasteiger partial charge >= 0.3 is 0 Å². The number of rotatable bonds is 2. The van der Waals surface area contributed by atoms with Crippen molar-refractivity contribution in [3.63, 3.8) is 0 Å². The standard InChI is InChI=1S/C12H17N3/c13-12(10-6-8-14-9-7-10)15-11-4-2-1-3-5-11/h6-9,11H,1-5H2,(H2,13,15). The second kappa shape index (κ2) is 4.91. The van der Waals surface area contributed by atoms with Crippen LogP contribution in [0, 0.1) is 0 Å². The Hall–Kier alpha value is -1.38. The van der Waals surface area contributed by atoms with Gasteiger partial charge in [-0.3, -0.25) is 9.98 Å². The van der Waals surface area contributed by atoms with E-state index in [1.807, 2.05) is 12.1 Å². The normalized spacial score (nSPS) is 19.1. The quantitative estimate of drug-likeness (QED) is 0.591. The summed E-state index contributed by atoms with van der Waals surface area (Å²) in [7, 11) is 0. The molecule has 0 atom stereocenters. The Morgan fingerprint density at radius 2 is 1.87 bits per heavy atom. The fraction of sp³-hybridized carbons (Fsp3) is 0.500. The zero-order chi connectivity index (χ0) is 10.5. The monoisotopic (exact) mass is 203 g/mol. The summed E-state index contributed by atoms with van der Waals surface area (Å²) >= 11 is 0. The molecule has 1 aliphatic rings. The fourth-order valence-electron chi connectivity index (χ4n) is 2.00. The fourth-order valence-corrected chi connectivity index (χ4v) is 2.00. The molecule has 0 aliphatic heterocycles. The smallest absolute Gasteiger partial charge is 0.126 e. The van der Waals surface area contributed by atoms with Crippen molar-refractivity contribution >= 4 is 5.84 Å². The molecule has 0 saturated heterocycles. The minimum absolute atomic E-state index is 0.437. The molecule has 1 aliphatic carbocycles. The predicted molar refractivity (Wildman–Crippen MR) is 61.8 cm³/mol. The van der Waals surface area contributed by atoms with Crippen LogP contribution in [0.3, 0.4) is 0 Å². The van der Waals surface area contributed by atoms with Crippen LogP contribution in [-0.2, 0) is 0 Å². The summed E-state index contributed by atoms with van der Waals surface area (Å²) in [5.41, 5.74) is 6.93. The van der Waals surface area contributed by atoms with Gasteiger partial charge in [0.2, 0.25) is 0 Å². The molecule has 3 heteroatoms. The molecule has 0 spiro atoms.